The number of rotatable bonds is 11. The molecule has 2 aromatic carbocycles. The molecule has 1 aliphatic heterocycles. The number of benzene rings is 2. The molecule has 46 heavy (non-hydrogen) atoms. The monoisotopic (exact) mass is 634 g/mol. The van der Waals surface area contributed by atoms with E-state index >= 15 is 0 Å². The molecule has 0 saturated carbocycles. The maximum atomic E-state index is 13.9. The van der Waals surface area contributed by atoms with Crippen molar-refractivity contribution in [1.29, 1.82) is 0 Å². The van der Waals surface area contributed by atoms with E-state index in [-0.39, 0.29) is 24.7 Å². The zero-order chi connectivity index (χ0) is 33.6. The summed E-state index contributed by atoms with van der Waals surface area (Å²) in [5.41, 5.74) is 7.32. The first-order valence-electron chi connectivity index (χ1n) is 16.3. The number of carbonyl (C=O) groups is 5. The summed E-state index contributed by atoms with van der Waals surface area (Å²) in [4.78, 5) is 68.9. The number of amides is 5. The third-order valence-electron chi connectivity index (χ3n) is 8.00. The Balaban J connectivity index is 2.07. The molecular weight excluding hydrogens is 584 g/mol. The van der Waals surface area contributed by atoms with Gasteiger partial charge in [0.25, 0.3) is 0 Å². The second-order valence-electron chi connectivity index (χ2n) is 12.8. The summed E-state index contributed by atoms with van der Waals surface area (Å²) < 4.78 is 0. The van der Waals surface area contributed by atoms with Crippen molar-refractivity contribution in [1.82, 2.24) is 26.6 Å². The van der Waals surface area contributed by atoms with Gasteiger partial charge >= 0.3 is 0 Å². The van der Waals surface area contributed by atoms with Crippen molar-refractivity contribution in [3.8, 4) is 0 Å². The van der Waals surface area contributed by atoms with Crippen molar-refractivity contribution in [3.05, 3.63) is 71.8 Å². The van der Waals surface area contributed by atoms with Gasteiger partial charge in [-0.1, -0.05) is 88.4 Å². The van der Waals surface area contributed by atoms with Crippen molar-refractivity contribution in [2.45, 2.75) is 96.4 Å². The third kappa shape index (κ3) is 11.3. The molecule has 0 bridgehead atoms. The maximum Gasteiger partial charge on any atom is 0.243 e. The Hall–Kier alpha value is -4.25. The fraction of sp³-hybridized carbons (Fsp3) is 0.514. The Kier molecular flexibility index (Phi) is 14.2. The average Bonchev–Trinajstić information content (AvgIpc) is 3.02. The minimum Gasteiger partial charge on any atom is -0.343 e. The molecule has 5 atom stereocenters. The van der Waals surface area contributed by atoms with Crippen LogP contribution in [0.25, 0.3) is 0 Å². The van der Waals surface area contributed by atoms with E-state index in [4.69, 9.17) is 5.73 Å². The van der Waals surface area contributed by atoms with E-state index in [0.29, 0.717) is 32.2 Å². The molecule has 1 aliphatic rings. The molecule has 0 spiro atoms. The van der Waals surface area contributed by atoms with Crippen LogP contribution in [0.4, 0.5) is 0 Å². The van der Waals surface area contributed by atoms with Gasteiger partial charge in [0.2, 0.25) is 29.5 Å². The molecule has 11 nitrogen and oxygen atoms in total. The topological polar surface area (TPSA) is 172 Å². The van der Waals surface area contributed by atoms with Crippen LogP contribution in [-0.4, -0.2) is 66.3 Å². The lowest BCUT2D eigenvalue weighted by Crippen LogP contribution is -2.59. The summed E-state index contributed by atoms with van der Waals surface area (Å²) >= 11 is 0. The van der Waals surface area contributed by atoms with E-state index in [9.17, 15) is 24.0 Å². The Bertz CT molecular complexity index is 1300. The van der Waals surface area contributed by atoms with Crippen LogP contribution in [0.5, 0.6) is 0 Å². The first-order valence-corrected chi connectivity index (χ1v) is 16.3. The molecule has 0 aromatic heterocycles. The quantitative estimate of drug-likeness (QED) is 0.206. The average molecular weight is 635 g/mol. The molecule has 7 N–H and O–H groups in total. The minimum atomic E-state index is -1.05. The van der Waals surface area contributed by atoms with Gasteiger partial charge in [-0.25, -0.2) is 0 Å². The summed E-state index contributed by atoms with van der Waals surface area (Å²) in [6, 6.07) is 13.5. The molecule has 1 fully saturated rings. The SMILES string of the molecule is CC(C)C[C@@H]1NC(=O)[C@@H](CCCCN)NC(=O)[C@@H](Cc2ccccc2)NC(=O)[C@H](Cc2ccccc2)NC(=O)[C@@H](C(C)C)NC1=O. The Morgan fingerprint density at radius 2 is 1.00 bits per heavy atom. The van der Waals surface area contributed by atoms with Gasteiger partial charge < -0.3 is 32.3 Å². The van der Waals surface area contributed by atoms with E-state index in [1.165, 1.54) is 0 Å². The highest BCUT2D eigenvalue weighted by molar-refractivity contribution is 5.98. The summed E-state index contributed by atoms with van der Waals surface area (Å²) in [5.74, 6) is -2.95. The summed E-state index contributed by atoms with van der Waals surface area (Å²) in [5, 5.41) is 14.2. The van der Waals surface area contributed by atoms with Gasteiger partial charge in [0.05, 0.1) is 0 Å². The zero-order valence-corrected chi connectivity index (χ0v) is 27.4. The Labute approximate surface area is 272 Å². The molecule has 11 heteroatoms. The van der Waals surface area contributed by atoms with Gasteiger partial charge in [-0.2, -0.15) is 0 Å². The van der Waals surface area contributed by atoms with Gasteiger partial charge in [0, 0.05) is 12.8 Å². The third-order valence-corrected chi connectivity index (χ3v) is 8.00. The minimum absolute atomic E-state index is 0.0436. The summed E-state index contributed by atoms with van der Waals surface area (Å²) in [6.45, 7) is 7.89. The lowest BCUT2D eigenvalue weighted by molar-refractivity contribution is -0.135. The summed E-state index contributed by atoms with van der Waals surface area (Å²) in [6.07, 6.45) is 2.15. The highest BCUT2D eigenvalue weighted by atomic mass is 16.2. The molecule has 0 radical (unpaired) electrons. The number of hydrogen-bond acceptors (Lipinski definition) is 6. The lowest BCUT2D eigenvalue weighted by Gasteiger charge is -2.28. The number of carbonyl (C=O) groups excluding carboxylic acids is 5. The molecule has 0 unspecified atom stereocenters. The largest absolute Gasteiger partial charge is 0.343 e. The van der Waals surface area contributed by atoms with Crippen molar-refractivity contribution in [3.63, 3.8) is 0 Å². The molecule has 3 rings (SSSR count). The second-order valence-corrected chi connectivity index (χ2v) is 12.8. The number of hydrogen-bond donors (Lipinski definition) is 6. The lowest BCUT2D eigenvalue weighted by atomic mass is 9.98. The second kappa shape index (κ2) is 18.0. The molecule has 1 heterocycles. The van der Waals surface area contributed by atoms with Crippen LogP contribution in [-0.2, 0) is 36.8 Å². The van der Waals surface area contributed by atoms with Gasteiger partial charge in [0.15, 0.2) is 0 Å². The number of unbranched alkanes of at least 4 members (excludes halogenated alkanes) is 1. The predicted octanol–water partition coefficient (Wildman–Crippen LogP) is 1.74. The fourth-order valence-corrected chi connectivity index (χ4v) is 5.45. The van der Waals surface area contributed by atoms with E-state index in [1.54, 1.807) is 13.8 Å². The standard InChI is InChI=1S/C35H50N6O5/c1-22(2)19-27-34(45)41-30(23(3)4)35(46)40-29(21-25-15-9-6-10-16-25)33(44)39-28(20-24-13-7-5-8-14-24)32(43)37-26(31(42)38-27)17-11-12-18-36/h5-10,13-16,22-23,26-30H,11-12,17-21,36H2,1-4H3,(H,37,43)(H,38,42)(H,39,44)(H,40,46)(H,41,45)/t26-,27+,28-,29+,30-/m1/s1. The molecule has 2 aromatic rings. The van der Waals surface area contributed by atoms with Crippen LogP contribution in [0.15, 0.2) is 60.7 Å². The van der Waals surface area contributed by atoms with E-state index in [1.807, 2.05) is 74.5 Å². The smallest absolute Gasteiger partial charge is 0.243 e. The fourth-order valence-electron chi connectivity index (χ4n) is 5.45. The molecule has 0 aliphatic carbocycles. The van der Waals surface area contributed by atoms with Crippen LogP contribution in [0.1, 0.15) is 64.5 Å². The molecule has 250 valence electrons. The van der Waals surface area contributed by atoms with Crippen LogP contribution in [0, 0.1) is 11.8 Å². The molecular formula is C35H50N6O5. The Morgan fingerprint density at radius 1 is 0.565 bits per heavy atom. The molecule has 5 amide bonds. The maximum absolute atomic E-state index is 13.9. The van der Waals surface area contributed by atoms with Crippen LogP contribution in [0.3, 0.4) is 0 Å². The van der Waals surface area contributed by atoms with Gasteiger partial charge in [-0.3, -0.25) is 24.0 Å². The van der Waals surface area contributed by atoms with Crippen molar-refractivity contribution >= 4 is 29.5 Å². The first-order chi connectivity index (χ1) is 22.0. The van der Waals surface area contributed by atoms with Gasteiger partial charge in [-0.05, 0) is 55.2 Å². The highest BCUT2D eigenvalue weighted by Crippen LogP contribution is 2.13. The predicted molar refractivity (Wildman–Crippen MR) is 177 cm³/mol. The zero-order valence-electron chi connectivity index (χ0n) is 27.4. The molecule has 1 saturated heterocycles. The van der Waals surface area contributed by atoms with E-state index in [0.717, 1.165) is 11.1 Å². The summed E-state index contributed by atoms with van der Waals surface area (Å²) in [7, 11) is 0. The number of nitrogens with one attached hydrogen (secondary N) is 5. The van der Waals surface area contributed by atoms with Crippen molar-refractivity contribution in [2.24, 2.45) is 17.6 Å². The van der Waals surface area contributed by atoms with Crippen LogP contribution < -0.4 is 32.3 Å². The van der Waals surface area contributed by atoms with Gasteiger partial charge in [-0.15, -0.1) is 0 Å². The normalized spacial score (nSPS) is 23.5. The first kappa shape index (κ1) is 36.2. The van der Waals surface area contributed by atoms with E-state index in [2.05, 4.69) is 26.6 Å². The van der Waals surface area contributed by atoms with Crippen LogP contribution >= 0.6 is 0 Å². The number of nitrogens with two attached hydrogens (primary N) is 1. The van der Waals surface area contributed by atoms with Crippen molar-refractivity contribution < 1.29 is 24.0 Å². The van der Waals surface area contributed by atoms with Crippen LogP contribution in [0.2, 0.25) is 0 Å². The highest BCUT2D eigenvalue weighted by Gasteiger charge is 2.35. The Morgan fingerprint density at radius 3 is 1.48 bits per heavy atom. The van der Waals surface area contributed by atoms with E-state index < -0.39 is 59.7 Å². The van der Waals surface area contributed by atoms with Gasteiger partial charge in [0.1, 0.15) is 30.2 Å². The van der Waals surface area contributed by atoms with Crippen molar-refractivity contribution in [2.75, 3.05) is 6.54 Å².